The number of urea groups is 1. The number of aromatic hydroxyl groups is 1. The predicted molar refractivity (Wildman–Crippen MR) is 87.0 cm³/mol. The zero-order valence-electron chi connectivity index (χ0n) is 12.5. The van der Waals surface area contributed by atoms with E-state index < -0.39 is 6.03 Å². The third kappa shape index (κ3) is 4.02. The minimum atomic E-state index is -0.438. The maximum Gasteiger partial charge on any atom is 0.323 e. The van der Waals surface area contributed by atoms with Crippen molar-refractivity contribution in [2.45, 2.75) is 6.92 Å². The SMILES string of the molecule is COc1ccccc1/C=C/NC(=O)Nc1cc(C)ccc1O. The molecule has 0 aliphatic rings. The molecule has 2 aromatic carbocycles. The highest BCUT2D eigenvalue weighted by Gasteiger charge is 2.05. The zero-order chi connectivity index (χ0) is 15.9. The number of ether oxygens (including phenoxy) is 1. The van der Waals surface area contributed by atoms with Gasteiger partial charge in [-0.1, -0.05) is 24.3 Å². The first-order chi connectivity index (χ1) is 10.6. The Bertz CT molecular complexity index is 696. The van der Waals surface area contributed by atoms with Crippen molar-refractivity contribution in [2.24, 2.45) is 0 Å². The predicted octanol–water partition coefficient (Wildman–Crippen LogP) is 3.50. The van der Waals surface area contributed by atoms with E-state index in [9.17, 15) is 9.90 Å². The third-order valence-corrected chi connectivity index (χ3v) is 3.02. The molecule has 5 nitrogen and oxygen atoms in total. The summed E-state index contributed by atoms with van der Waals surface area (Å²) >= 11 is 0. The van der Waals surface area contributed by atoms with E-state index in [0.717, 1.165) is 16.9 Å². The van der Waals surface area contributed by atoms with Crippen LogP contribution < -0.4 is 15.4 Å². The first-order valence-corrected chi connectivity index (χ1v) is 6.77. The maximum absolute atomic E-state index is 11.8. The molecule has 0 aliphatic heterocycles. The Morgan fingerprint density at radius 2 is 2.00 bits per heavy atom. The first-order valence-electron chi connectivity index (χ1n) is 6.77. The molecule has 0 unspecified atom stereocenters. The fourth-order valence-electron chi connectivity index (χ4n) is 1.92. The van der Waals surface area contributed by atoms with Crippen molar-refractivity contribution in [3.8, 4) is 11.5 Å². The lowest BCUT2D eigenvalue weighted by Crippen LogP contribution is -2.23. The van der Waals surface area contributed by atoms with Crippen LogP contribution in [-0.2, 0) is 0 Å². The summed E-state index contributed by atoms with van der Waals surface area (Å²) in [5.74, 6) is 0.742. The molecular formula is C17H18N2O3. The number of hydrogen-bond acceptors (Lipinski definition) is 3. The van der Waals surface area contributed by atoms with Gasteiger partial charge >= 0.3 is 6.03 Å². The molecule has 0 spiro atoms. The number of phenols is 1. The molecule has 3 N–H and O–H groups in total. The van der Waals surface area contributed by atoms with Crippen LogP contribution in [0.15, 0.2) is 48.7 Å². The summed E-state index contributed by atoms with van der Waals surface area (Å²) in [7, 11) is 1.59. The van der Waals surface area contributed by atoms with Crippen LogP contribution in [0.2, 0.25) is 0 Å². The highest BCUT2D eigenvalue weighted by atomic mass is 16.5. The topological polar surface area (TPSA) is 70.6 Å². The van der Waals surface area contributed by atoms with Crippen molar-refractivity contribution >= 4 is 17.8 Å². The number of hydrogen-bond donors (Lipinski definition) is 3. The van der Waals surface area contributed by atoms with Gasteiger partial charge in [0.2, 0.25) is 0 Å². The molecule has 0 radical (unpaired) electrons. The second-order valence-corrected chi connectivity index (χ2v) is 4.69. The number of aryl methyl sites for hydroxylation is 1. The largest absolute Gasteiger partial charge is 0.506 e. The number of rotatable bonds is 4. The second-order valence-electron chi connectivity index (χ2n) is 4.69. The van der Waals surface area contributed by atoms with E-state index in [1.54, 1.807) is 25.3 Å². The molecule has 0 saturated carbocycles. The van der Waals surface area contributed by atoms with Crippen LogP contribution in [0.4, 0.5) is 10.5 Å². The number of nitrogens with one attached hydrogen (secondary N) is 2. The lowest BCUT2D eigenvalue weighted by atomic mass is 10.2. The minimum absolute atomic E-state index is 0.0226. The van der Waals surface area contributed by atoms with Crippen LogP contribution in [0.5, 0.6) is 11.5 Å². The van der Waals surface area contributed by atoms with Crippen molar-refractivity contribution in [3.63, 3.8) is 0 Å². The van der Waals surface area contributed by atoms with Crippen LogP contribution in [0.3, 0.4) is 0 Å². The Hall–Kier alpha value is -2.95. The van der Waals surface area contributed by atoms with Crippen molar-refractivity contribution in [2.75, 3.05) is 12.4 Å². The molecular weight excluding hydrogens is 280 g/mol. The molecule has 0 bridgehead atoms. The summed E-state index contributed by atoms with van der Waals surface area (Å²) < 4.78 is 5.21. The van der Waals surface area contributed by atoms with Gasteiger partial charge in [-0.05, 0) is 36.8 Å². The monoisotopic (exact) mass is 298 g/mol. The molecule has 2 rings (SSSR count). The van der Waals surface area contributed by atoms with E-state index in [4.69, 9.17) is 4.74 Å². The van der Waals surface area contributed by atoms with Crippen LogP contribution in [0.25, 0.3) is 6.08 Å². The summed E-state index contributed by atoms with van der Waals surface area (Å²) in [6.07, 6.45) is 3.24. The summed E-state index contributed by atoms with van der Waals surface area (Å²) in [5, 5.41) is 14.8. The fourth-order valence-corrected chi connectivity index (χ4v) is 1.92. The van der Waals surface area contributed by atoms with Crippen molar-refractivity contribution in [1.82, 2.24) is 5.32 Å². The van der Waals surface area contributed by atoms with E-state index in [0.29, 0.717) is 5.69 Å². The molecule has 0 fully saturated rings. The summed E-state index contributed by atoms with van der Waals surface area (Å²) in [6, 6.07) is 12.0. The highest BCUT2D eigenvalue weighted by molar-refractivity contribution is 5.91. The molecule has 0 saturated heterocycles. The van der Waals surface area contributed by atoms with Gasteiger partial charge in [0, 0.05) is 11.8 Å². The van der Waals surface area contributed by atoms with Gasteiger partial charge in [0.05, 0.1) is 12.8 Å². The Morgan fingerprint density at radius 1 is 1.23 bits per heavy atom. The Balaban J connectivity index is 1.98. The van der Waals surface area contributed by atoms with Crippen LogP contribution in [0.1, 0.15) is 11.1 Å². The lowest BCUT2D eigenvalue weighted by Gasteiger charge is -2.08. The number of benzene rings is 2. The standard InChI is InChI=1S/C17H18N2O3/c1-12-7-8-15(20)14(11-12)19-17(21)18-10-9-13-5-3-4-6-16(13)22-2/h3-11,20H,1-2H3,(H2,18,19,21)/b10-9+. The summed E-state index contributed by atoms with van der Waals surface area (Å²) in [4.78, 5) is 11.8. The number of amides is 2. The van der Waals surface area contributed by atoms with Gasteiger partial charge in [-0.3, -0.25) is 0 Å². The molecule has 0 heterocycles. The van der Waals surface area contributed by atoms with Crippen molar-refractivity contribution < 1.29 is 14.6 Å². The molecule has 0 aromatic heterocycles. The number of methoxy groups -OCH3 is 1. The van der Waals surface area contributed by atoms with E-state index in [1.807, 2.05) is 31.2 Å². The highest BCUT2D eigenvalue weighted by Crippen LogP contribution is 2.23. The number of phenolic OH excluding ortho intramolecular Hbond substituents is 1. The Labute approximate surface area is 129 Å². The maximum atomic E-state index is 11.8. The van der Waals surface area contributed by atoms with Gasteiger partial charge < -0.3 is 20.5 Å². The molecule has 22 heavy (non-hydrogen) atoms. The van der Waals surface area contributed by atoms with Gasteiger partial charge in [-0.15, -0.1) is 0 Å². The van der Waals surface area contributed by atoms with Crippen LogP contribution in [-0.4, -0.2) is 18.2 Å². The second kappa shape index (κ2) is 7.17. The Kier molecular flexibility index (Phi) is 5.03. The number of carbonyl (C=O) groups excluding carboxylic acids is 1. The fraction of sp³-hybridized carbons (Fsp3) is 0.118. The van der Waals surface area contributed by atoms with Crippen LogP contribution >= 0.6 is 0 Å². The smallest absolute Gasteiger partial charge is 0.323 e. The minimum Gasteiger partial charge on any atom is -0.506 e. The van der Waals surface area contributed by atoms with Gasteiger partial charge in [0.25, 0.3) is 0 Å². The number of para-hydroxylation sites is 1. The molecule has 0 aliphatic carbocycles. The van der Waals surface area contributed by atoms with E-state index >= 15 is 0 Å². The third-order valence-electron chi connectivity index (χ3n) is 3.02. The average molecular weight is 298 g/mol. The first kappa shape index (κ1) is 15.4. The van der Waals surface area contributed by atoms with Gasteiger partial charge in [-0.2, -0.15) is 0 Å². The lowest BCUT2D eigenvalue weighted by molar-refractivity contribution is 0.255. The summed E-state index contributed by atoms with van der Waals surface area (Å²) in [6.45, 7) is 1.88. The normalized spacial score (nSPS) is 10.5. The van der Waals surface area contributed by atoms with E-state index in [2.05, 4.69) is 10.6 Å². The summed E-state index contributed by atoms with van der Waals surface area (Å²) in [5.41, 5.74) is 2.16. The number of anilines is 1. The molecule has 2 amide bonds. The number of carbonyl (C=O) groups is 1. The van der Waals surface area contributed by atoms with Gasteiger partial charge in [0.15, 0.2) is 0 Å². The Morgan fingerprint density at radius 3 is 2.77 bits per heavy atom. The van der Waals surface area contributed by atoms with E-state index in [-0.39, 0.29) is 5.75 Å². The quantitative estimate of drug-likeness (QED) is 0.757. The molecule has 114 valence electrons. The van der Waals surface area contributed by atoms with E-state index in [1.165, 1.54) is 12.3 Å². The molecule has 5 heteroatoms. The average Bonchev–Trinajstić information content (AvgIpc) is 2.51. The molecule has 0 atom stereocenters. The van der Waals surface area contributed by atoms with Crippen molar-refractivity contribution in [3.05, 3.63) is 59.8 Å². The van der Waals surface area contributed by atoms with Gasteiger partial charge in [0.1, 0.15) is 11.5 Å². The van der Waals surface area contributed by atoms with Crippen LogP contribution in [0, 0.1) is 6.92 Å². The van der Waals surface area contributed by atoms with Crippen molar-refractivity contribution in [1.29, 1.82) is 0 Å². The zero-order valence-corrected chi connectivity index (χ0v) is 12.5. The molecule has 2 aromatic rings. The van der Waals surface area contributed by atoms with Gasteiger partial charge in [-0.25, -0.2) is 4.79 Å².